The van der Waals surface area contributed by atoms with Crippen molar-refractivity contribution in [3.63, 3.8) is 0 Å². The highest BCUT2D eigenvalue weighted by molar-refractivity contribution is 6.44. The Labute approximate surface area is 209 Å². The number of aromatic nitrogens is 1. The highest BCUT2D eigenvalue weighted by Gasteiger charge is 2.31. The van der Waals surface area contributed by atoms with Crippen molar-refractivity contribution in [1.29, 1.82) is 0 Å². The minimum absolute atomic E-state index is 0.106. The third-order valence-corrected chi connectivity index (χ3v) is 6.24. The topological polar surface area (TPSA) is 135 Å². The molecule has 190 valence electrons. The molecule has 2 heterocycles. The van der Waals surface area contributed by atoms with E-state index in [1.54, 1.807) is 6.92 Å². The van der Waals surface area contributed by atoms with Crippen molar-refractivity contribution in [2.75, 3.05) is 6.61 Å². The monoisotopic (exact) mass is 493 g/mol. The Bertz CT molecular complexity index is 1210. The molecular weight excluding hydrogens is 462 g/mol. The number of ether oxygens (including phenoxy) is 1. The van der Waals surface area contributed by atoms with Gasteiger partial charge in [-0.05, 0) is 56.2 Å². The van der Waals surface area contributed by atoms with Crippen LogP contribution in [0.4, 0.5) is 0 Å². The predicted octanol–water partition coefficient (Wildman–Crippen LogP) is 3.12. The largest absolute Gasteiger partial charge is 0.464 e. The van der Waals surface area contributed by atoms with Crippen LogP contribution < -0.4 is 10.6 Å². The molecule has 2 atom stereocenters. The van der Waals surface area contributed by atoms with Gasteiger partial charge in [-0.2, -0.15) is 5.10 Å². The summed E-state index contributed by atoms with van der Waals surface area (Å²) in [4.78, 5) is 41.6. The zero-order valence-corrected chi connectivity index (χ0v) is 20.9. The van der Waals surface area contributed by atoms with E-state index in [-0.39, 0.29) is 42.4 Å². The van der Waals surface area contributed by atoms with Gasteiger partial charge in [0.2, 0.25) is 11.7 Å². The first-order chi connectivity index (χ1) is 17.3. The molecule has 2 aromatic rings. The van der Waals surface area contributed by atoms with Crippen molar-refractivity contribution in [2.45, 2.75) is 59.0 Å². The standard InChI is InChI=1S/C26H31N5O5/c1-5-35-26(34)22(14(2)3)29-23(32)20-12-19(30-31-20)17-7-6-8-18(11-17)25-27-13-21(36-25)24(33)28-15(4)16-9-10-16/h6-8,11,13-16,22H,5,9-10,12H2,1-4H3,(H,28,33)(H,29,32)/t15-,22-/m0/s1. The van der Waals surface area contributed by atoms with E-state index in [1.807, 2.05) is 45.0 Å². The molecule has 1 fully saturated rings. The van der Waals surface area contributed by atoms with Gasteiger partial charge in [-0.25, -0.2) is 9.78 Å². The molecule has 0 bridgehead atoms. The Morgan fingerprint density at radius 2 is 1.83 bits per heavy atom. The van der Waals surface area contributed by atoms with Gasteiger partial charge < -0.3 is 19.8 Å². The fraction of sp³-hybridized carbons (Fsp3) is 0.462. The number of rotatable bonds is 10. The van der Waals surface area contributed by atoms with Crippen LogP contribution >= 0.6 is 0 Å². The molecule has 2 aliphatic rings. The molecule has 1 aliphatic carbocycles. The quantitative estimate of drug-likeness (QED) is 0.488. The number of oxazole rings is 1. The Morgan fingerprint density at radius 1 is 1.08 bits per heavy atom. The molecule has 4 rings (SSSR count). The zero-order valence-electron chi connectivity index (χ0n) is 20.9. The van der Waals surface area contributed by atoms with Crippen molar-refractivity contribution >= 4 is 29.2 Å². The van der Waals surface area contributed by atoms with E-state index < -0.39 is 17.9 Å². The molecule has 0 spiro atoms. The Kier molecular flexibility index (Phi) is 7.61. The molecule has 0 unspecified atom stereocenters. The summed E-state index contributed by atoms with van der Waals surface area (Å²) in [7, 11) is 0. The summed E-state index contributed by atoms with van der Waals surface area (Å²) in [5.41, 5.74) is 2.23. The molecule has 10 nitrogen and oxygen atoms in total. The van der Waals surface area contributed by atoms with E-state index in [0.29, 0.717) is 23.1 Å². The molecule has 0 radical (unpaired) electrons. The van der Waals surface area contributed by atoms with E-state index in [2.05, 4.69) is 25.8 Å². The number of esters is 1. The minimum atomic E-state index is -0.767. The highest BCUT2D eigenvalue weighted by atomic mass is 16.5. The number of amides is 2. The van der Waals surface area contributed by atoms with Gasteiger partial charge in [-0.15, -0.1) is 5.10 Å². The number of benzene rings is 1. The van der Waals surface area contributed by atoms with Crippen LogP contribution in [0.1, 0.15) is 63.1 Å². The zero-order chi connectivity index (χ0) is 25.8. The fourth-order valence-corrected chi connectivity index (χ4v) is 3.93. The fourth-order valence-electron chi connectivity index (χ4n) is 3.93. The summed E-state index contributed by atoms with van der Waals surface area (Å²) in [5, 5.41) is 13.9. The Hall–Kier alpha value is -3.82. The van der Waals surface area contributed by atoms with Crippen molar-refractivity contribution < 1.29 is 23.5 Å². The van der Waals surface area contributed by atoms with Gasteiger partial charge in [0, 0.05) is 18.0 Å². The molecular formula is C26H31N5O5. The molecule has 1 aromatic carbocycles. The lowest BCUT2D eigenvalue weighted by Crippen LogP contribution is -2.47. The van der Waals surface area contributed by atoms with Gasteiger partial charge in [0.25, 0.3) is 11.8 Å². The third-order valence-electron chi connectivity index (χ3n) is 6.24. The summed E-state index contributed by atoms with van der Waals surface area (Å²) in [6.07, 6.45) is 3.90. The average Bonchev–Trinajstić information content (AvgIpc) is 3.38. The molecule has 1 aromatic heterocycles. The third kappa shape index (κ3) is 5.87. The minimum Gasteiger partial charge on any atom is -0.464 e. The van der Waals surface area contributed by atoms with E-state index >= 15 is 0 Å². The normalized spacial score (nSPS) is 16.7. The first kappa shape index (κ1) is 25.3. The van der Waals surface area contributed by atoms with Crippen molar-refractivity contribution in [3.8, 4) is 11.5 Å². The lowest BCUT2D eigenvalue weighted by atomic mass is 10.0. The summed E-state index contributed by atoms with van der Waals surface area (Å²) in [6, 6.07) is 6.65. The van der Waals surface area contributed by atoms with Crippen LogP contribution in [0.5, 0.6) is 0 Å². The highest BCUT2D eigenvalue weighted by Crippen LogP contribution is 2.32. The Morgan fingerprint density at radius 3 is 2.53 bits per heavy atom. The molecule has 0 saturated heterocycles. The lowest BCUT2D eigenvalue weighted by Gasteiger charge is -2.20. The first-order valence-corrected chi connectivity index (χ1v) is 12.2. The smallest absolute Gasteiger partial charge is 0.328 e. The molecule has 2 N–H and O–H groups in total. The van der Waals surface area contributed by atoms with Crippen LogP contribution in [0.15, 0.2) is 45.1 Å². The molecule has 1 aliphatic heterocycles. The van der Waals surface area contributed by atoms with Gasteiger partial charge in [0.1, 0.15) is 11.8 Å². The van der Waals surface area contributed by atoms with E-state index in [9.17, 15) is 14.4 Å². The van der Waals surface area contributed by atoms with Crippen LogP contribution in [-0.4, -0.2) is 52.9 Å². The van der Waals surface area contributed by atoms with Crippen LogP contribution in [-0.2, 0) is 14.3 Å². The maximum atomic E-state index is 12.7. The summed E-state index contributed by atoms with van der Waals surface area (Å²) in [5.74, 6) is -0.351. The summed E-state index contributed by atoms with van der Waals surface area (Å²) < 4.78 is 10.8. The number of nitrogens with one attached hydrogen (secondary N) is 2. The number of hydrogen-bond donors (Lipinski definition) is 2. The SMILES string of the molecule is CCOC(=O)[C@@H](NC(=O)C1=NN=C(c2cccc(-c3ncc(C(=O)N[C@@H](C)C4CC4)o3)c2)C1)C(C)C. The second-order valence-electron chi connectivity index (χ2n) is 9.43. The number of carbonyl (C=O) groups excluding carboxylic acids is 3. The van der Waals surface area contributed by atoms with Crippen LogP contribution in [0.25, 0.3) is 11.5 Å². The summed E-state index contributed by atoms with van der Waals surface area (Å²) >= 11 is 0. The lowest BCUT2D eigenvalue weighted by molar-refractivity contribution is -0.148. The predicted molar refractivity (Wildman–Crippen MR) is 134 cm³/mol. The average molecular weight is 494 g/mol. The van der Waals surface area contributed by atoms with Gasteiger partial charge in [0.15, 0.2) is 0 Å². The van der Waals surface area contributed by atoms with E-state index in [4.69, 9.17) is 9.15 Å². The van der Waals surface area contributed by atoms with E-state index in [0.717, 1.165) is 18.4 Å². The van der Waals surface area contributed by atoms with Crippen LogP contribution in [0.3, 0.4) is 0 Å². The number of nitrogens with zero attached hydrogens (tertiary/aromatic N) is 3. The maximum Gasteiger partial charge on any atom is 0.328 e. The van der Waals surface area contributed by atoms with Crippen molar-refractivity contribution in [1.82, 2.24) is 15.6 Å². The van der Waals surface area contributed by atoms with Gasteiger partial charge in [-0.3, -0.25) is 9.59 Å². The second-order valence-corrected chi connectivity index (χ2v) is 9.43. The summed E-state index contributed by atoms with van der Waals surface area (Å²) in [6.45, 7) is 7.61. The maximum absolute atomic E-state index is 12.7. The number of hydrogen-bond acceptors (Lipinski definition) is 8. The number of carbonyl (C=O) groups is 3. The van der Waals surface area contributed by atoms with E-state index in [1.165, 1.54) is 6.20 Å². The Balaban J connectivity index is 1.39. The van der Waals surface area contributed by atoms with Crippen molar-refractivity contribution in [2.24, 2.45) is 22.0 Å². The second kappa shape index (κ2) is 10.8. The molecule has 1 saturated carbocycles. The molecule has 36 heavy (non-hydrogen) atoms. The first-order valence-electron chi connectivity index (χ1n) is 12.2. The van der Waals surface area contributed by atoms with Crippen LogP contribution in [0, 0.1) is 11.8 Å². The van der Waals surface area contributed by atoms with Gasteiger partial charge in [0.05, 0.1) is 18.5 Å². The van der Waals surface area contributed by atoms with Gasteiger partial charge in [-0.1, -0.05) is 26.0 Å². The van der Waals surface area contributed by atoms with Crippen molar-refractivity contribution in [3.05, 3.63) is 41.8 Å². The molecule has 2 amide bonds. The van der Waals surface area contributed by atoms with Crippen LogP contribution in [0.2, 0.25) is 0 Å². The van der Waals surface area contributed by atoms with Gasteiger partial charge >= 0.3 is 5.97 Å². The molecule has 10 heteroatoms.